The van der Waals surface area contributed by atoms with Gasteiger partial charge in [0, 0.05) is 11.6 Å². The van der Waals surface area contributed by atoms with Crippen LogP contribution in [0.4, 0.5) is 0 Å². The fourth-order valence-electron chi connectivity index (χ4n) is 1.86. The Balaban J connectivity index is 3.24. The van der Waals surface area contributed by atoms with Gasteiger partial charge in [-0.15, -0.1) is 0 Å². The second kappa shape index (κ2) is 6.91. The van der Waals surface area contributed by atoms with Crippen molar-refractivity contribution in [3.05, 3.63) is 29.3 Å². The molecule has 1 unspecified atom stereocenters. The molecule has 1 aromatic carbocycles. The lowest BCUT2D eigenvalue weighted by atomic mass is 10.00. The van der Waals surface area contributed by atoms with Gasteiger partial charge >= 0.3 is 0 Å². The van der Waals surface area contributed by atoms with Gasteiger partial charge in [0.25, 0.3) is 0 Å². The molecule has 1 aromatic rings. The highest BCUT2D eigenvalue weighted by Crippen LogP contribution is 2.40. The third-order valence-corrected chi connectivity index (χ3v) is 5.32. The summed E-state index contributed by atoms with van der Waals surface area (Å²) in [6, 6.07) is 5.98. The minimum absolute atomic E-state index is 0.902. The van der Waals surface area contributed by atoms with Crippen LogP contribution in [0.2, 0.25) is 0 Å². The third kappa shape index (κ3) is 5.11. The molecule has 0 spiro atoms. The third-order valence-electron chi connectivity index (χ3n) is 2.47. The Hall–Kier alpha value is 0.140. The SMILES string of the molecule is CCCc1cccc([S+]=P([O-])(O)S)c1CCC. The van der Waals surface area contributed by atoms with Gasteiger partial charge in [-0.25, -0.2) is 0 Å². The standard InChI is InChI=1S/C12H19O2PS2/c1-3-6-10-8-5-9-12(11(10)7-4-2)17-15(13,14)16/h5,8-9H,3-4,6-7H2,1-2H3,(H2-,13,14,16). The normalized spacial score (nSPS) is 14.4. The van der Waals surface area contributed by atoms with Gasteiger partial charge < -0.3 is 9.79 Å². The van der Waals surface area contributed by atoms with Crippen LogP contribution >= 0.6 is 17.9 Å². The van der Waals surface area contributed by atoms with Crippen LogP contribution in [0.3, 0.4) is 0 Å². The summed E-state index contributed by atoms with van der Waals surface area (Å²) in [4.78, 5) is 21.7. The van der Waals surface area contributed by atoms with Crippen molar-refractivity contribution in [3.8, 4) is 0 Å². The molecule has 2 nitrogen and oxygen atoms in total. The average molecular weight is 290 g/mol. The quantitative estimate of drug-likeness (QED) is 0.497. The van der Waals surface area contributed by atoms with Gasteiger partial charge in [-0.3, -0.25) is 0 Å². The van der Waals surface area contributed by atoms with E-state index >= 15 is 0 Å². The van der Waals surface area contributed by atoms with E-state index in [9.17, 15) is 9.79 Å². The summed E-state index contributed by atoms with van der Waals surface area (Å²) < 4.78 is 0. The molecule has 17 heavy (non-hydrogen) atoms. The van der Waals surface area contributed by atoms with Crippen LogP contribution in [0, 0.1) is 0 Å². The first-order chi connectivity index (χ1) is 7.98. The van der Waals surface area contributed by atoms with E-state index in [0.29, 0.717) is 0 Å². The van der Waals surface area contributed by atoms with Crippen molar-refractivity contribution < 1.29 is 9.79 Å². The molecule has 0 saturated carbocycles. The maximum Gasteiger partial charge on any atom is 0.242 e. The first-order valence-corrected chi connectivity index (χ1v) is 10.1. The van der Waals surface area contributed by atoms with Crippen molar-refractivity contribution in [1.29, 1.82) is 0 Å². The van der Waals surface area contributed by atoms with E-state index in [1.165, 1.54) is 11.1 Å². The molecule has 0 fully saturated rings. The lowest BCUT2D eigenvalue weighted by Gasteiger charge is -2.08. The van der Waals surface area contributed by atoms with Crippen LogP contribution in [0.5, 0.6) is 0 Å². The number of rotatable bonds is 5. The van der Waals surface area contributed by atoms with Crippen LogP contribution < -0.4 is 4.89 Å². The highest BCUT2D eigenvalue weighted by molar-refractivity contribution is 8.61. The Morgan fingerprint density at radius 2 is 1.94 bits per heavy atom. The number of aryl methyl sites for hydroxylation is 1. The molecule has 0 aromatic heterocycles. The second-order valence-corrected chi connectivity index (χ2v) is 10.1. The highest BCUT2D eigenvalue weighted by atomic mass is 32.9. The Morgan fingerprint density at radius 1 is 1.29 bits per heavy atom. The van der Waals surface area contributed by atoms with E-state index in [4.69, 9.17) is 0 Å². The lowest BCUT2D eigenvalue weighted by molar-refractivity contribution is -0.170. The molecule has 0 aliphatic heterocycles. The molecule has 0 radical (unpaired) electrons. The van der Waals surface area contributed by atoms with Crippen LogP contribution in [-0.2, 0) is 23.8 Å². The fraction of sp³-hybridized carbons (Fsp3) is 0.500. The van der Waals surface area contributed by atoms with Crippen LogP contribution in [0.25, 0.3) is 0 Å². The van der Waals surface area contributed by atoms with E-state index in [1.54, 1.807) is 0 Å². The number of thiol groups is 1. The molecule has 0 amide bonds. The Bertz CT molecular complexity index is 418. The molecule has 96 valence electrons. The zero-order chi connectivity index (χ0) is 12.9. The summed E-state index contributed by atoms with van der Waals surface area (Å²) in [5.74, 6) is 0. The maximum absolute atomic E-state index is 11.4. The smallest absolute Gasteiger partial charge is 0.242 e. The van der Waals surface area contributed by atoms with Crippen molar-refractivity contribution in [2.45, 2.75) is 44.4 Å². The van der Waals surface area contributed by atoms with E-state index in [0.717, 1.165) is 41.5 Å². The van der Waals surface area contributed by atoms with Crippen LogP contribution in [-0.4, -0.2) is 4.89 Å². The molecule has 0 heterocycles. The molecule has 0 bridgehead atoms. The van der Waals surface area contributed by atoms with Crippen molar-refractivity contribution in [3.63, 3.8) is 0 Å². The minimum atomic E-state index is -3.37. The summed E-state index contributed by atoms with van der Waals surface area (Å²) in [5.41, 5.74) is -0.860. The zero-order valence-corrected chi connectivity index (χ0v) is 12.8. The fourth-order valence-corrected chi connectivity index (χ4v) is 4.67. The number of benzene rings is 1. The van der Waals surface area contributed by atoms with Crippen molar-refractivity contribution in [2.75, 3.05) is 0 Å². The Labute approximate surface area is 112 Å². The molecular weight excluding hydrogens is 271 g/mol. The first kappa shape index (κ1) is 15.2. The molecule has 1 atom stereocenters. The van der Waals surface area contributed by atoms with Gasteiger partial charge in [0.1, 0.15) is 0 Å². The van der Waals surface area contributed by atoms with E-state index in [1.807, 2.05) is 12.1 Å². The zero-order valence-electron chi connectivity index (χ0n) is 10.2. The maximum atomic E-state index is 11.4. The van der Waals surface area contributed by atoms with E-state index in [-0.39, 0.29) is 0 Å². The van der Waals surface area contributed by atoms with Crippen molar-refractivity contribution >= 4 is 28.9 Å². The Kier molecular flexibility index (Phi) is 6.18. The molecule has 5 heteroatoms. The highest BCUT2D eigenvalue weighted by Gasteiger charge is 2.17. The lowest BCUT2D eigenvalue weighted by Crippen LogP contribution is -2.00. The van der Waals surface area contributed by atoms with Gasteiger partial charge in [0.15, 0.2) is 0 Å². The average Bonchev–Trinajstić information content (AvgIpc) is 2.21. The van der Waals surface area contributed by atoms with Gasteiger partial charge in [0.05, 0.1) is 0 Å². The topological polar surface area (TPSA) is 43.3 Å². The summed E-state index contributed by atoms with van der Waals surface area (Å²) in [7, 11) is 0.983. The van der Waals surface area contributed by atoms with Crippen LogP contribution in [0.1, 0.15) is 37.8 Å². The molecule has 0 saturated heterocycles. The van der Waals surface area contributed by atoms with Gasteiger partial charge in [-0.1, -0.05) is 51.1 Å². The summed E-state index contributed by atoms with van der Waals surface area (Å²) in [6.07, 6.45) is 4.09. The van der Waals surface area contributed by atoms with Crippen molar-refractivity contribution in [1.82, 2.24) is 0 Å². The predicted octanol–water partition coefficient (Wildman–Crippen LogP) is 2.99. The number of hydrogen-bond donors (Lipinski definition) is 2. The first-order valence-electron chi connectivity index (χ1n) is 5.83. The predicted molar refractivity (Wildman–Crippen MR) is 78.2 cm³/mol. The van der Waals surface area contributed by atoms with E-state index < -0.39 is 5.69 Å². The largest absolute Gasteiger partial charge is 0.756 e. The van der Waals surface area contributed by atoms with Gasteiger partial charge in [0.2, 0.25) is 21.5 Å². The van der Waals surface area contributed by atoms with Crippen molar-refractivity contribution in [2.24, 2.45) is 0 Å². The minimum Gasteiger partial charge on any atom is -0.756 e. The summed E-state index contributed by atoms with van der Waals surface area (Å²) in [5, 5.41) is 0. The van der Waals surface area contributed by atoms with Crippen LogP contribution in [0.15, 0.2) is 23.1 Å². The summed E-state index contributed by atoms with van der Waals surface area (Å²) in [6.45, 7) is 4.27. The van der Waals surface area contributed by atoms with E-state index in [2.05, 4.69) is 32.2 Å². The molecular formula is C12H19O2PS2. The van der Waals surface area contributed by atoms with Gasteiger partial charge in [-0.05, 0) is 18.4 Å². The molecule has 1 N–H and O–H groups in total. The number of hydrogen-bond acceptors (Lipinski definition) is 1. The molecule has 0 aliphatic carbocycles. The molecule has 1 rings (SSSR count). The molecule has 0 aliphatic rings. The summed E-state index contributed by atoms with van der Waals surface area (Å²) >= 11 is 3.74. The Morgan fingerprint density at radius 3 is 2.47 bits per heavy atom. The second-order valence-electron chi connectivity index (χ2n) is 3.98. The monoisotopic (exact) mass is 290 g/mol. The van der Waals surface area contributed by atoms with Gasteiger partial charge in [-0.2, -0.15) is 0 Å².